The molecular formula is C20H22Cl2N4O3. The lowest BCUT2D eigenvalue weighted by Gasteiger charge is -2.32. The number of carbonyl (C=O) groups is 1. The summed E-state index contributed by atoms with van der Waals surface area (Å²) >= 11 is 12.9. The fourth-order valence-corrected chi connectivity index (χ4v) is 4.41. The molecule has 1 aliphatic heterocycles. The molecule has 0 radical (unpaired) electrons. The van der Waals surface area contributed by atoms with E-state index in [2.05, 4.69) is 14.8 Å². The number of nitrogens with zero attached hydrogens (tertiary/aromatic N) is 3. The molecule has 1 N–H and O–H groups in total. The van der Waals surface area contributed by atoms with Gasteiger partial charge < -0.3 is 18.9 Å². The van der Waals surface area contributed by atoms with Crippen molar-refractivity contribution >= 4 is 40.0 Å². The van der Waals surface area contributed by atoms with E-state index in [1.165, 1.54) is 0 Å². The molecule has 1 amide bonds. The van der Waals surface area contributed by atoms with Crippen LogP contribution in [0.2, 0.25) is 10.0 Å². The lowest BCUT2D eigenvalue weighted by atomic mass is 10.0. The van der Waals surface area contributed by atoms with Crippen molar-refractivity contribution in [1.82, 2.24) is 19.7 Å². The molecule has 3 heterocycles. The molecule has 29 heavy (non-hydrogen) atoms. The maximum Gasteiger partial charge on any atom is 0.252 e. The number of aromatic nitrogens is 3. The first kappa shape index (κ1) is 20.2. The van der Waals surface area contributed by atoms with Gasteiger partial charge >= 0.3 is 0 Å². The molecule has 4 rings (SSSR count). The van der Waals surface area contributed by atoms with Gasteiger partial charge in [-0.25, -0.2) is 0 Å². The quantitative estimate of drug-likeness (QED) is 0.638. The van der Waals surface area contributed by atoms with Gasteiger partial charge in [0.25, 0.3) is 5.91 Å². The summed E-state index contributed by atoms with van der Waals surface area (Å²) in [6, 6.07) is 3.77. The number of amides is 1. The zero-order valence-electron chi connectivity index (χ0n) is 16.2. The summed E-state index contributed by atoms with van der Waals surface area (Å²) in [5.74, 6) is -0.0386. The van der Waals surface area contributed by atoms with E-state index in [4.69, 9.17) is 32.7 Å². The van der Waals surface area contributed by atoms with Crippen LogP contribution in [0.4, 0.5) is 0 Å². The number of halogens is 2. The topological polar surface area (TPSA) is 72.4 Å². The van der Waals surface area contributed by atoms with E-state index in [-0.39, 0.29) is 5.91 Å². The molecule has 3 aromatic rings. The van der Waals surface area contributed by atoms with Crippen molar-refractivity contribution in [3.05, 3.63) is 40.3 Å². The van der Waals surface area contributed by atoms with E-state index < -0.39 is 6.10 Å². The molecule has 0 aliphatic carbocycles. The molecule has 2 aromatic heterocycles. The van der Waals surface area contributed by atoms with Crippen LogP contribution in [0.3, 0.4) is 0 Å². The van der Waals surface area contributed by atoms with E-state index in [1.807, 2.05) is 17.2 Å². The zero-order valence-corrected chi connectivity index (χ0v) is 17.8. The highest BCUT2D eigenvalue weighted by Gasteiger charge is 2.31. The van der Waals surface area contributed by atoms with Crippen LogP contribution >= 0.6 is 23.2 Å². The van der Waals surface area contributed by atoms with Crippen molar-refractivity contribution in [2.75, 3.05) is 27.4 Å². The Labute approximate surface area is 178 Å². The number of hydrogen-bond acceptors (Lipinski definition) is 4. The third kappa shape index (κ3) is 3.53. The minimum Gasteiger partial charge on any atom is -0.385 e. The van der Waals surface area contributed by atoms with Crippen molar-refractivity contribution in [2.45, 2.75) is 25.6 Å². The van der Waals surface area contributed by atoms with E-state index in [1.54, 1.807) is 26.5 Å². The second-order valence-electron chi connectivity index (χ2n) is 6.98. The number of rotatable bonds is 6. The maximum atomic E-state index is 13.0. The number of aromatic amines is 1. The van der Waals surface area contributed by atoms with Crippen LogP contribution in [-0.4, -0.2) is 59.0 Å². The smallest absolute Gasteiger partial charge is 0.252 e. The van der Waals surface area contributed by atoms with Gasteiger partial charge in [0, 0.05) is 68.7 Å². The number of ether oxygens (including phenoxy) is 2. The summed E-state index contributed by atoms with van der Waals surface area (Å²) in [5.41, 5.74) is 3.85. The van der Waals surface area contributed by atoms with E-state index >= 15 is 0 Å². The number of methoxy groups -OCH3 is 2. The summed E-state index contributed by atoms with van der Waals surface area (Å²) in [6.07, 6.45) is 3.60. The Morgan fingerprint density at radius 1 is 1.31 bits per heavy atom. The first-order valence-corrected chi connectivity index (χ1v) is 10.1. The first-order valence-electron chi connectivity index (χ1n) is 9.35. The molecule has 0 fully saturated rings. The number of fused-ring (bicyclic) bond motifs is 3. The van der Waals surface area contributed by atoms with Gasteiger partial charge in [0.05, 0.1) is 28.3 Å². The van der Waals surface area contributed by atoms with Gasteiger partial charge in [-0.3, -0.25) is 9.89 Å². The zero-order chi connectivity index (χ0) is 20.5. The van der Waals surface area contributed by atoms with Gasteiger partial charge in [0.2, 0.25) is 0 Å². The molecule has 0 spiro atoms. The number of H-pyrrole nitrogens is 1. The Hall–Kier alpha value is -2.06. The second-order valence-corrected chi connectivity index (χ2v) is 7.77. The Morgan fingerprint density at radius 3 is 2.83 bits per heavy atom. The highest BCUT2D eigenvalue weighted by Crippen LogP contribution is 2.42. The summed E-state index contributed by atoms with van der Waals surface area (Å²) < 4.78 is 12.7. The highest BCUT2D eigenvalue weighted by molar-refractivity contribution is 6.45. The van der Waals surface area contributed by atoms with Crippen molar-refractivity contribution < 1.29 is 14.3 Å². The average Bonchev–Trinajstić information content (AvgIpc) is 3.36. The van der Waals surface area contributed by atoms with E-state index in [9.17, 15) is 4.79 Å². The Bertz CT molecular complexity index is 1030. The molecule has 1 unspecified atom stereocenters. The third-order valence-corrected chi connectivity index (χ3v) is 6.19. The molecule has 0 bridgehead atoms. The van der Waals surface area contributed by atoms with Crippen LogP contribution in [0.25, 0.3) is 22.0 Å². The van der Waals surface area contributed by atoms with Crippen LogP contribution in [0.5, 0.6) is 0 Å². The standard InChI is InChI=1S/C20H22Cl2N4O3/c1-28-8-5-16(29-2)20(27)25-6-7-26-15(11-25)17(12-9-23-24-10-12)13-3-4-14(21)18(22)19(13)26/h3-4,9-10,16H,5-8,11H2,1-2H3,(H,23,24). The fraction of sp³-hybridized carbons (Fsp3) is 0.400. The van der Waals surface area contributed by atoms with Crippen LogP contribution in [-0.2, 0) is 27.4 Å². The SMILES string of the molecule is COCCC(OC)C(=O)N1CCn2c(c(-c3cn[nH]c3)c3ccc(Cl)c(Cl)c32)C1. The predicted molar refractivity (Wildman–Crippen MR) is 112 cm³/mol. The minimum absolute atomic E-state index is 0.0386. The maximum absolute atomic E-state index is 13.0. The number of nitrogens with one attached hydrogen (secondary N) is 1. The predicted octanol–water partition coefficient (Wildman–Crippen LogP) is 3.73. The Kier molecular flexibility index (Phi) is 5.83. The van der Waals surface area contributed by atoms with Crippen molar-refractivity contribution in [2.24, 2.45) is 0 Å². The molecule has 1 aromatic carbocycles. The number of hydrogen-bond donors (Lipinski definition) is 1. The van der Waals surface area contributed by atoms with Gasteiger partial charge in [-0.15, -0.1) is 0 Å². The normalized spacial score (nSPS) is 15.0. The lowest BCUT2D eigenvalue weighted by Crippen LogP contribution is -2.44. The van der Waals surface area contributed by atoms with Gasteiger partial charge in [0.15, 0.2) is 0 Å². The highest BCUT2D eigenvalue weighted by atomic mass is 35.5. The van der Waals surface area contributed by atoms with Gasteiger partial charge in [0.1, 0.15) is 6.10 Å². The first-order chi connectivity index (χ1) is 14.1. The molecular weight excluding hydrogens is 415 g/mol. The molecule has 0 saturated carbocycles. The van der Waals surface area contributed by atoms with Crippen LogP contribution in [0.15, 0.2) is 24.5 Å². The summed E-state index contributed by atoms with van der Waals surface area (Å²) in [7, 11) is 3.17. The molecule has 9 heteroatoms. The summed E-state index contributed by atoms with van der Waals surface area (Å²) in [4.78, 5) is 14.9. The van der Waals surface area contributed by atoms with Gasteiger partial charge in [-0.05, 0) is 6.07 Å². The van der Waals surface area contributed by atoms with E-state index in [0.717, 1.165) is 27.7 Å². The summed E-state index contributed by atoms with van der Waals surface area (Å²) in [6.45, 7) is 2.11. The monoisotopic (exact) mass is 436 g/mol. The van der Waals surface area contributed by atoms with Crippen LogP contribution < -0.4 is 0 Å². The van der Waals surface area contributed by atoms with Gasteiger partial charge in [-0.1, -0.05) is 29.3 Å². The molecule has 154 valence electrons. The summed E-state index contributed by atoms with van der Waals surface area (Å²) in [5, 5.41) is 8.99. The second kappa shape index (κ2) is 8.36. The molecule has 0 saturated heterocycles. The Balaban J connectivity index is 1.78. The number of carbonyl (C=O) groups excluding carboxylic acids is 1. The fourth-order valence-electron chi connectivity index (χ4n) is 3.99. The van der Waals surface area contributed by atoms with Crippen LogP contribution in [0, 0.1) is 0 Å². The van der Waals surface area contributed by atoms with Crippen molar-refractivity contribution in [1.29, 1.82) is 0 Å². The van der Waals surface area contributed by atoms with Gasteiger partial charge in [-0.2, -0.15) is 5.10 Å². The third-order valence-electron chi connectivity index (χ3n) is 5.40. The average molecular weight is 437 g/mol. The number of benzene rings is 1. The molecule has 1 aliphatic rings. The minimum atomic E-state index is -0.527. The van der Waals surface area contributed by atoms with Crippen molar-refractivity contribution in [3.63, 3.8) is 0 Å². The Morgan fingerprint density at radius 2 is 2.14 bits per heavy atom. The van der Waals surface area contributed by atoms with Crippen molar-refractivity contribution in [3.8, 4) is 11.1 Å². The molecule has 1 atom stereocenters. The molecule has 7 nitrogen and oxygen atoms in total. The largest absolute Gasteiger partial charge is 0.385 e. The van der Waals surface area contributed by atoms with E-state index in [0.29, 0.717) is 42.7 Å². The van der Waals surface area contributed by atoms with Crippen LogP contribution in [0.1, 0.15) is 12.1 Å². The lowest BCUT2D eigenvalue weighted by molar-refractivity contribution is -0.144.